The number of nitrogens with zero attached hydrogens (tertiary/aromatic N) is 1. The van der Waals surface area contributed by atoms with E-state index in [1.807, 2.05) is 0 Å². The zero-order valence-corrected chi connectivity index (χ0v) is 8.74. The third-order valence-corrected chi connectivity index (χ3v) is 3.04. The first-order valence-electron chi connectivity index (χ1n) is 3.93. The first-order valence-corrected chi connectivity index (χ1v) is 5.43. The Morgan fingerprint density at radius 3 is 2.50 bits per heavy atom. The van der Waals surface area contributed by atoms with E-state index >= 15 is 0 Å². The average molecular weight is 218 g/mol. The lowest BCUT2D eigenvalue weighted by molar-refractivity contribution is 0.465. The van der Waals surface area contributed by atoms with Crippen molar-refractivity contribution in [1.29, 1.82) is 0 Å². The summed E-state index contributed by atoms with van der Waals surface area (Å²) in [6.45, 7) is 1.69. The number of hydrogen-bond donors (Lipinski definition) is 2. The van der Waals surface area contributed by atoms with E-state index in [1.165, 1.54) is 6.20 Å². The molecule has 0 aliphatic heterocycles. The SMILES string of the molecule is CCC(c1ccccn1)S(=O)(=O)O.N. The summed E-state index contributed by atoms with van der Waals surface area (Å²) < 4.78 is 30.6. The molecule has 4 N–H and O–H groups in total. The molecule has 0 saturated heterocycles. The van der Waals surface area contributed by atoms with Crippen LogP contribution in [0.3, 0.4) is 0 Å². The zero-order valence-electron chi connectivity index (χ0n) is 7.92. The van der Waals surface area contributed by atoms with Crippen LogP contribution in [0.5, 0.6) is 0 Å². The Balaban J connectivity index is 0.00000169. The van der Waals surface area contributed by atoms with Gasteiger partial charge in [-0.15, -0.1) is 0 Å². The molecule has 0 spiro atoms. The number of pyridine rings is 1. The van der Waals surface area contributed by atoms with E-state index in [4.69, 9.17) is 4.55 Å². The van der Waals surface area contributed by atoms with Crippen molar-refractivity contribution < 1.29 is 13.0 Å². The lowest BCUT2D eigenvalue weighted by Gasteiger charge is -2.09. The van der Waals surface area contributed by atoms with Gasteiger partial charge in [0.2, 0.25) is 0 Å². The predicted octanol–water partition coefficient (Wildman–Crippen LogP) is 1.58. The molecule has 0 aliphatic rings. The van der Waals surface area contributed by atoms with Crippen LogP contribution in [0.4, 0.5) is 0 Å². The second-order valence-corrected chi connectivity index (χ2v) is 4.27. The molecular weight excluding hydrogens is 204 g/mol. The minimum absolute atomic E-state index is 0. The normalized spacial score (nSPS) is 13.0. The van der Waals surface area contributed by atoms with Gasteiger partial charge in [-0.05, 0) is 18.6 Å². The molecule has 0 fully saturated rings. The van der Waals surface area contributed by atoms with Gasteiger partial charge in [0.15, 0.2) is 0 Å². The molecule has 14 heavy (non-hydrogen) atoms. The summed E-state index contributed by atoms with van der Waals surface area (Å²) in [5, 5.41) is -0.909. The largest absolute Gasteiger partial charge is 0.344 e. The van der Waals surface area contributed by atoms with E-state index in [0.29, 0.717) is 12.1 Å². The minimum atomic E-state index is -4.03. The van der Waals surface area contributed by atoms with Gasteiger partial charge in [0.25, 0.3) is 10.1 Å². The van der Waals surface area contributed by atoms with E-state index in [1.54, 1.807) is 25.1 Å². The number of rotatable bonds is 3. The van der Waals surface area contributed by atoms with Gasteiger partial charge in [0, 0.05) is 6.20 Å². The molecule has 1 rings (SSSR count). The van der Waals surface area contributed by atoms with Crippen LogP contribution in [0.2, 0.25) is 0 Å². The smallest absolute Gasteiger partial charge is 0.273 e. The summed E-state index contributed by atoms with van der Waals surface area (Å²) >= 11 is 0. The Bertz CT molecular complexity index is 363. The van der Waals surface area contributed by atoms with Crippen LogP contribution in [0.25, 0.3) is 0 Å². The molecular formula is C8H14N2O3S. The van der Waals surface area contributed by atoms with Gasteiger partial charge in [0.05, 0.1) is 5.69 Å². The predicted molar refractivity (Wildman–Crippen MR) is 53.8 cm³/mol. The summed E-state index contributed by atoms with van der Waals surface area (Å²) in [4.78, 5) is 3.88. The second-order valence-electron chi connectivity index (χ2n) is 2.67. The van der Waals surface area contributed by atoms with Gasteiger partial charge in [0.1, 0.15) is 5.25 Å². The molecule has 1 atom stereocenters. The fraction of sp³-hybridized carbons (Fsp3) is 0.375. The molecule has 80 valence electrons. The average Bonchev–Trinajstić information content (AvgIpc) is 2.05. The molecule has 0 amide bonds. The topological polar surface area (TPSA) is 102 Å². The van der Waals surface area contributed by atoms with Crippen molar-refractivity contribution in [2.75, 3.05) is 0 Å². The van der Waals surface area contributed by atoms with Gasteiger partial charge in [-0.3, -0.25) is 9.54 Å². The second kappa shape index (κ2) is 5.04. The van der Waals surface area contributed by atoms with Crippen molar-refractivity contribution in [2.45, 2.75) is 18.6 Å². The van der Waals surface area contributed by atoms with Crippen LogP contribution in [0.1, 0.15) is 24.3 Å². The summed E-state index contributed by atoms with van der Waals surface area (Å²) in [5.41, 5.74) is 0.382. The molecule has 0 aromatic carbocycles. The third kappa shape index (κ3) is 3.06. The first kappa shape index (κ1) is 13.0. The van der Waals surface area contributed by atoms with Gasteiger partial charge < -0.3 is 6.15 Å². The maximum Gasteiger partial charge on any atom is 0.273 e. The monoisotopic (exact) mass is 218 g/mol. The lowest BCUT2D eigenvalue weighted by Crippen LogP contribution is -2.12. The first-order chi connectivity index (χ1) is 6.05. The van der Waals surface area contributed by atoms with Crippen LogP contribution in [-0.4, -0.2) is 18.0 Å². The molecule has 1 aromatic rings. The van der Waals surface area contributed by atoms with Gasteiger partial charge in [-0.1, -0.05) is 13.0 Å². The van der Waals surface area contributed by atoms with E-state index < -0.39 is 15.4 Å². The molecule has 0 saturated carbocycles. The Morgan fingerprint density at radius 2 is 2.14 bits per heavy atom. The van der Waals surface area contributed by atoms with E-state index in [9.17, 15) is 8.42 Å². The van der Waals surface area contributed by atoms with Crippen molar-refractivity contribution in [3.8, 4) is 0 Å². The molecule has 6 heteroatoms. The Hall–Kier alpha value is -0.980. The lowest BCUT2D eigenvalue weighted by atomic mass is 10.2. The van der Waals surface area contributed by atoms with E-state index in [-0.39, 0.29) is 6.15 Å². The molecule has 0 bridgehead atoms. The van der Waals surface area contributed by atoms with Gasteiger partial charge >= 0.3 is 0 Å². The fourth-order valence-corrected chi connectivity index (χ4v) is 2.00. The molecule has 1 aromatic heterocycles. The van der Waals surface area contributed by atoms with Crippen LogP contribution in [0.15, 0.2) is 24.4 Å². The molecule has 1 heterocycles. The Labute approximate surface area is 83.5 Å². The van der Waals surface area contributed by atoms with Gasteiger partial charge in [-0.25, -0.2) is 0 Å². The van der Waals surface area contributed by atoms with Crippen LogP contribution in [-0.2, 0) is 10.1 Å². The third-order valence-electron chi connectivity index (χ3n) is 1.75. The summed E-state index contributed by atoms with van der Waals surface area (Å²) in [6.07, 6.45) is 1.82. The minimum Gasteiger partial charge on any atom is -0.344 e. The Morgan fingerprint density at radius 1 is 1.50 bits per heavy atom. The number of aromatic nitrogens is 1. The van der Waals surface area contributed by atoms with E-state index in [2.05, 4.69) is 4.98 Å². The molecule has 5 nitrogen and oxygen atoms in total. The quantitative estimate of drug-likeness (QED) is 0.750. The molecule has 0 radical (unpaired) electrons. The van der Waals surface area contributed by atoms with Crippen molar-refractivity contribution in [3.63, 3.8) is 0 Å². The van der Waals surface area contributed by atoms with Crippen LogP contribution >= 0.6 is 0 Å². The maximum atomic E-state index is 10.9. The maximum absolute atomic E-state index is 10.9. The van der Waals surface area contributed by atoms with Gasteiger partial charge in [-0.2, -0.15) is 8.42 Å². The highest BCUT2D eigenvalue weighted by Crippen LogP contribution is 2.22. The summed E-state index contributed by atoms with van der Waals surface area (Å²) in [5.74, 6) is 0. The van der Waals surface area contributed by atoms with E-state index in [0.717, 1.165) is 0 Å². The fourth-order valence-electron chi connectivity index (χ4n) is 1.14. The Kier molecular flexibility index (Phi) is 4.69. The van der Waals surface area contributed by atoms with Crippen molar-refractivity contribution in [2.24, 2.45) is 0 Å². The summed E-state index contributed by atoms with van der Waals surface area (Å²) in [7, 11) is -4.03. The van der Waals surface area contributed by atoms with Crippen LogP contribution < -0.4 is 6.15 Å². The highest BCUT2D eigenvalue weighted by atomic mass is 32.2. The van der Waals surface area contributed by atoms with Crippen molar-refractivity contribution >= 4 is 10.1 Å². The molecule has 1 unspecified atom stereocenters. The van der Waals surface area contributed by atoms with Crippen LogP contribution in [0, 0.1) is 0 Å². The highest BCUT2D eigenvalue weighted by molar-refractivity contribution is 7.86. The number of hydrogen-bond acceptors (Lipinski definition) is 4. The van der Waals surface area contributed by atoms with Crippen molar-refractivity contribution in [3.05, 3.63) is 30.1 Å². The molecule has 0 aliphatic carbocycles. The summed E-state index contributed by atoms with van der Waals surface area (Å²) in [6, 6.07) is 4.97. The standard InChI is InChI=1S/C8H11NO3S.H3N/c1-2-8(13(10,11)12)7-5-3-4-6-9-7;/h3-6,8H,2H2,1H3,(H,10,11,12);1H3. The van der Waals surface area contributed by atoms with Crippen molar-refractivity contribution in [1.82, 2.24) is 11.1 Å². The highest BCUT2D eigenvalue weighted by Gasteiger charge is 2.23. The zero-order chi connectivity index (χ0) is 9.90.